The fourth-order valence-corrected chi connectivity index (χ4v) is 3.47. The van der Waals surface area contributed by atoms with Crippen LogP contribution in [0.3, 0.4) is 0 Å². The Kier molecular flexibility index (Phi) is 4.77. The molecule has 1 aromatic carbocycles. The number of aromatic nitrogens is 5. The number of hydrogen-bond donors (Lipinski definition) is 0. The molecule has 0 saturated carbocycles. The van der Waals surface area contributed by atoms with E-state index in [1.54, 1.807) is 10.9 Å². The van der Waals surface area contributed by atoms with Gasteiger partial charge in [-0.1, -0.05) is 46.2 Å². The molecule has 140 valence electrons. The number of halogens is 1. The van der Waals surface area contributed by atoms with Crippen LogP contribution in [0, 0.1) is 0 Å². The van der Waals surface area contributed by atoms with Gasteiger partial charge in [-0.05, 0) is 24.6 Å². The molecular weight excluding hydrogens is 412 g/mol. The molecule has 1 fully saturated rings. The number of nitrogens with zero attached hydrogens (tertiary/aromatic N) is 6. The molecular formula is C18H19BrN6O2. The Bertz CT molecular complexity index is 966. The lowest BCUT2D eigenvalue weighted by molar-refractivity contribution is 0.0787. The minimum atomic E-state index is 0.0256. The van der Waals surface area contributed by atoms with Gasteiger partial charge in [-0.3, -0.25) is 4.79 Å². The minimum absolute atomic E-state index is 0.0256. The second-order valence-corrected chi connectivity index (χ2v) is 7.82. The van der Waals surface area contributed by atoms with Gasteiger partial charge in [-0.2, -0.15) is 4.98 Å². The van der Waals surface area contributed by atoms with Crippen LogP contribution < -0.4 is 0 Å². The van der Waals surface area contributed by atoms with E-state index in [4.69, 9.17) is 4.52 Å². The SMILES string of the molecule is CC(C)c1noc(-c2cn([C@@H]3CCN(C(=O)c4cccc(Br)c4)C3)nn2)n1. The van der Waals surface area contributed by atoms with Gasteiger partial charge in [-0.15, -0.1) is 5.10 Å². The lowest BCUT2D eigenvalue weighted by Crippen LogP contribution is -2.29. The van der Waals surface area contributed by atoms with Crippen molar-refractivity contribution in [3.05, 3.63) is 46.3 Å². The lowest BCUT2D eigenvalue weighted by atomic mass is 10.2. The molecule has 0 bridgehead atoms. The third kappa shape index (κ3) is 3.64. The molecule has 1 atom stereocenters. The van der Waals surface area contributed by atoms with Crippen molar-refractivity contribution in [2.24, 2.45) is 0 Å². The van der Waals surface area contributed by atoms with Crippen molar-refractivity contribution in [2.75, 3.05) is 13.1 Å². The number of carbonyl (C=O) groups excluding carboxylic acids is 1. The Hall–Kier alpha value is -2.55. The van der Waals surface area contributed by atoms with Gasteiger partial charge in [0.05, 0.1) is 12.2 Å². The molecule has 0 radical (unpaired) electrons. The predicted octanol–water partition coefficient (Wildman–Crippen LogP) is 3.30. The quantitative estimate of drug-likeness (QED) is 0.630. The van der Waals surface area contributed by atoms with Crippen LogP contribution in [0.2, 0.25) is 0 Å². The maximum Gasteiger partial charge on any atom is 0.280 e. The second kappa shape index (κ2) is 7.22. The molecule has 0 aliphatic carbocycles. The lowest BCUT2D eigenvalue weighted by Gasteiger charge is -2.16. The van der Waals surface area contributed by atoms with Crippen LogP contribution in [0.4, 0.5) is 0 Å². The summed E-state index contributed by atoms with van der Waals surface area (Å²) in [5.74, 6) is 1.22. The first-order chi connectivity index (χ1) is 13.0. The molecule has 9 heteroatoms. The van der Waals surface area contributed by atoms with E-state index in [9.17, 15) is 4.79 Å². The first kappa shape index (κ1) is 17.8. The summed E-state index contributed by atoms with van der Waals surface area (Å²) in [4.78, 5) is 18.9. The monoisotopic (exact) mass is 430 g/mol. The first-order valence-electron chi connectivity index (χ1n) is 8.82. The molecule has 3 aromatic rings. The number of rotatable bonds is 4. The largest absolute Gasteiger partial charge is 0.336 e. The molecule has 0 N–H and O–H groups in total. The standard InChI is InChI=1S/C18H19BrN6O2/c1-11(2)16-20-17(27-22-16)15-10-25(23-21-15)14-6-7-24(9-14)18(26)12-4-3-5-13(19)8-12/h3-5,8,10-11,14H,6-7,9H2,1-2H3/t14-/m1/s1. The number of carbonyl (C=O) groups is 1. The zero-order chi connectivity index (χ0) is 19.0. The molecule has 2 aromatic heterocycles. The van der Waals surface area contributed by atoms with Crippen LogP contribution in [0.15, 0.2) is 39.5 Å². The zero-order valence-electron chi connectivity index (χ0n) is 15.0. The highest BCUT2D eigenvalue weighted by Crippen LogP contribution is 2.25. The van der Waals surface area contributed by atoms with Gasteiger partial charge >= 0.3 is 0 Å². The summed E-state index contributed by atoms with van der Waals surface area (Å²) in [5, 5.41) is 12.3. The molecule has 0 unspecified atom stereocenters. The summed E-state index contributed by atoms with van der Waals surface area (Å²) in [5.41, 5.74) is 1.22. The molecule has 1 aliphatic rings. The normalized spacial score (nSPS) is 17.0. The van der Waals surface area contributed by atoms with E-state index in [1.807, 2.05) is 43.0 Å². The van der Waals surface area contributed by atoms with E-state index in [-0.39, 0.29) is 17.9 Å². The van der Waals surface area contributed by atoms with Crippen molar-refractivity contribution in [3.63, 3.8) is 0 Å². The van der Waals surface area contributed by atoms with Crippen molar-refractivity contribution < 1.29 is 9.32 Å². The van der Waals surface area contributed by atoms with Gasteiger partial charge in [0.15, 0.2) is 11.5 Å². The van der Waals surface area contributed by atoms with Crippen molar-refractivity contribution in [2.45, 2.75) is 32.2 Å². The summed E-state index contributed by atoms with van der Waals surface area (Å²) >= 11 is 3.41. The Morgan fingerprint density at radius 3 is 2.96 bits per heavy atom. The van der Waals surface area contributed by atoms with E-state index in [0.29, 0.717) is 36.1 Å². The van der Waals surface area contributed by atoms with Gasteiger partial charge in [0.25, 0.3) is 11.8 Å². The average Bonchev–Trinajstić information content (AvgIpc) is 3.39. The van der Waals surface area contributed by atoms with Gasteiger partial charge in [0.1, 0.15) is 0 Å². The van der Waals surface area contributed by atoms with Crippen LogP contribution >= 0.6 is 15.9 Å². The molecule has 1 amide bonds. The fourth-order valence-electron chi connectivity index (χ4n) is 3.07. The molecule has 1 saturated heterocycles. The third-order valence-corrected chi connectivity index (χ3v) is 5.08. The number of amides is 1. The van der Waals surface area contributed by atoms with Crippen molar-refractivity contribution in [1.29, 1.82) is 0 Å². The molecule has 0 spiro atoms. The summed E-state index contributed by atoms with van der Waals surface area (Å²) in [6.45, 7) is 5.28. The highest BCUT2D eigenvalue weighted by atomic mass is 79.9. The van der Waals surface area contributed by atoms with Crippen molar-refractivity contribution >= 4 is 21.8 Å². The van der Waals surface area contributed by atoms with E-state index in [0.717, 1.165) is 10.9 Å². The number of benzene rings is 1. The zero-order valence-corrected chi connectivity index (χ0v) is 16.6. The predicted molar refractivity (Wildman–Crippen MR) is 101 cm³/mol. The molecule has 3 heterocycles. The average molecular weight is 431 g/mol. The highest BCUT2D eigenvalue weighted by molar-refractivity contribution is 9.10. The Labute approximate surface area is 164 Å². The van der Waals surface area contributed by atoms with Gasteiger partial charge in [0.2, 0.25) is 0 Å². The first-order valence-corrected chi connectivity index (χ1v) is 9.61. The van der Waals surface area contributed by atoms with E-state index in [1.165, 1.54) is 0 Å². The Morgan fingerprint density at radius 1 is 1.37 bits per heavy atom. The van der Waals surface area contributed by atoms with E-state index < -0.39 is 0 Å². The minimum Gasteiger partial charge on any atom is -0.336 e. The van der Waals surface area contributed by atoms with Gasteiger partial charge < -0.3 is 9.42 Å². The van der Waals surface area contributed by atoms with Crippen LogP contribution in [0.5, 0.6) is 0 Å². The summed E-state index contributed by atoms with van der Waals surface area (Å²) < 4.78 is 7.94. The maximum atomic E-state index is 12.7. The van der Waals surface area contributed by atoms with Gasteiger partial charge in [-0.25, -0.2) is 4.68 Å². The smallest absolute Gasteiger partial charge is 0.280 e. The van der Waals surface area contributed by atoms with Crippen molar-refractivity contribution in [3.8, 4) is 11.6 Å². The van der Waals surface area contributed by atoms with Crippen molar-refractivity contribution in [1.82, 2.24) is 30.0 Å². The Balaban J connectivity index is 1.46. The van der Waals surface area contributed by atoms with Gasteiger partial charge in [0, 0.05) is 29.0 Å². The van der Waals surface area contributed by atoms with Crippen LogP contribution in [-0.2, 0) is 0 Å². The van der Waals surface area contributed by atoms with Crippen LogP contribution in [0.1, 0.15) is 48.4 Å². The molecule has 8 nitrogen and oxygen atoms in total. The van der Waals surface area contributed by atoms with Crippen LogP contribution in [0.25, 0.3) is 11.6 Å². The third-order valence-electron chi connectivity index (χ3n) is 4.58. The van der Waals surface area contributed by atoms with E-state index >= 15 is 0 Å². The van der Waals surface area contributed by atoms with Crippen LogP contribution in [-0.4, -0.2) is 49.0 Å². The fraction of sp³-hybridized carbons (Fsp3) is 0.389. The number of likely N-dealkylation sites (tertiary alicyclic amines) is 1. The molecule has 4 rings (SSSR count). The second-order valence-electron chi connectivity index (χ2n) is 6.90. The number of hydrogen-bond acceptors (Lipinski definition) is 6. The molecule has 1 aliphatic heterocycles. The highest BCUT2D eigenvalue weighted by Gasteiger charge is 2.29. The molecule has 27 heavy (non-hydrogen) atoms. The topological polar surface area (TPSA) is 89.9 Å². The Morgan fingerprint density at radius 2 is 2.22 bits per heavy atom. The maximum absolute atomic E-state index is 12.7. The van der Waals surface area contributed by atoms with E-state index in [2.05, 4.69) is 36.4 Å². The summed E-state index contributed by atoms with van der Waals surface area (Å²) in [7, 11) is 0. The summed E-state index contributed by atoms with van der Waals surface area (Å²) in [6.07, 6.45) is 2.62. The summed E-state index contributed by atoms with van der Waals surface area (Å²) in [6, 6.07) is 7.52.